The van der Waals surface area contributed by atoms with E-state index in [1.165, 1.54) is 6.20 Å². The molecule has 88 valence electrons. The smallest absolute Gasteiger partial charge is 0.129 e. The van der Waals surface area contributed by atoms with Gasteiger partial charge in [-0.1, -0.05) is 11.6 Å². The minimum absolute atomic E-state index is 0.411. The predicted molar refractivity (Wildman–Crippen MR) is 67.7 cm³/mol. The fourth-order valence-corrected chi connectivity index (χ4v) is 1.09. The molecular formula is C13H9ClN4. The third-order valence-corrected chi connectivity index (χ3v) is 2.12. The number of pyridine rings is 2. The zero-order valence-electron chi connectivity index (χ0n) is 9.63. The van der Waals surface area contributed by atoms with Crippen LogP contribution in [0.15, 0.2) is 36.7 Å². The van der Waals surface area contributed by atoms with E-state index < -0.39 is 0 Å². The molecule has 0 aliphatic heterocycles. The topological polar surface area (TPSA) is 73.4 Å². The van der Waals surface area contributed by atoms with Crippen LogP contribution in [0.2, 0.25) is 5.15 Å². The van der Waals surface area contributed by atoms with Crippen LogP contribution in [-0.4, -0.2) is 9.97 Å². The maximum Gasteiger partial charge on any atom is 0.129 e. The standard InChI is InChI=1S/C7H6N2.C6H3ClN2/c1-6-2-3-7(4-8)5-9-6;7-6-2-1-5(3-8)4-9-6/h2-3,5H,1H3;1-2,4H. The first kappa shape index (κ1) is 13.6. The second-order valence-corrected chi connectivity index (χ2v) is 3.67. The number of rotatable bonds is 0. The summed E-state index contributed by atoms with van der Waals surface area (Å²) in [6.45, 7) is 1.89. The predicted octanol–water partition coefficient (Wildman–Crippen LogP) is 2.87. The molecule has 18 heavy (non-hydrogen) atoms. The van der Waals surface area contributed by atoms with Crippen molar-refractivity contribution in [2.45, 2.75) is 6.92 Å². The van der Waals surface area contributed by atoms with E-state index in [1.807, 2.05) is 25.1 Å². The lowest BCUT2D eigenvalue weighted by molar-refractivity contribution is 1.19. The van der Waals surface area contributed by atoms with Gasteiger partial charge in [0.2, 0.25) is 0 Å². The SMILES string of the molecule is Cc1ccc(C#N)cn1.N#Cc1ccc(Cl)nc1. The Hall–Kier alpha value is -2.43. The van der Waals surface area contributed by atoms with Crippen molar-refractivity contribution in [1.82, 2.24) is 9.97 Å². The normalized spacial score (nSPS) is 8.44. The Kier molecular flexibility index (Phi) is 5.31. The van der Waals surface area contributed by atoms with E-state index in [0.717, 1.165) is 5.69 Å². The molecule has 2 aromatic rings. The zero-order valence-corrected chi connectivity index (χ0v) is 10.4. The Morgan fingerprint density at radius 2 is 1.50 bits per heavy atom. The average molecular weight is 257 g/mol. The molecule has 4 nitrogen and oxygen atoms in total. The van der Waals surface area contributed by atoms with E-state index in [1.54, 1.807) is 24.4 Å². The highest BCUT2D eigenvalue weighted by Crippen LogP contribution is 2.03. The molecule has 0 aliphatic carbocycles. The molecule has 0 saturated carbocycles. The fraction of sp³-hybridized carbons (Fsp3) is 0.0769. The molecule has 2 rings (SSSR count). The van der Waals surface area contributed by atoms with E-state index >= 15 is 0 Å². The third kappa shape index (κ3) is 4.61. The molecule has 0 spiro atoms. The molecule has 2 aromatic heterocycles. The van der Waals surface area contributed by atoms with Gasteiger partial charge in [-0.3, -0.25) is 4.98 Å². The molecule has 0 fully saturated rings. The van der Waals surface area contributed by atoms with Crippen molar-refractivity contribution in [3.8, 4) is 12.1 Å². The van der Waals surface area contributed by atoms with Crippen molar-refractivity contribution < 1.29 is 0 Å². The molecule has 2 heterocycles. The summed E-state index contributed by atoms with van der Waals surface area (Å²) in [6, 6.07) is 10.7. The Balaban J connectivity index is 0.000000180. The van der Waals surface area contributed by atoms with Gasteiger partial charge < -0.3 is 0 Å². The molecule has 0 radical (unpaired) electrons. The molecule has 0 aromatic carbocycles. The monoisotopic (exact) mass is 256 g/mol. The lowest BCUT2D eigenvalue weighted by Crippen LogP contribution is -1.79. The maximum absolute atomic E-state index is 8.34. The van der Waals surface area contributed by atoms with Crippen LogP contribution < -0.4 is 0 Å². The van der Waals surface area contributed by atoms with Gasteiger partial charge in [-0.2, -0.15) is 10.5 Å². The van der Waals surface area contributed by atoms with Crippen LogP contribution in [0.1, 0.15) is 16.8 Å². The highest BCUT2D eigenvalue weighted by molar-refractivity contribution is 6.29. The number of aromatic nitrogens is 2. The van der Waals surface area contributed by atoms with Gasteiger partial charge in [0, 0.05) is 18.1 Å². The summed E-state index contributed by atoms with van der Waals surface area (Å²) in [5.41, 5.74) is 2.08. The molecule has 0 amide bonds. The lowest BCUT2D eigenvalue weighted by Gasteiger charge is -1.87. The highest BCUT2D eigenvalue weighted by Gasteiger charge is 1.88. The van der Waals surface area contributed by atoms with Gasteiger partial charge in [-0.05, 0) is 31.2 Å². The Morgan fingerprint density at radius 3 is 1.89 bits per heavy atom. The van der Waals surface area contributed by atoms with E-state index in [4.69, 9.17) is 22.1 Å². The molecule has 0 N–H and O–H groups in total. The van der Waals surface area contributed by atoms with Gasteiger partial charge in [0.15, 0.2) is 0 Å². The first-order chi connectivity index (χ1) is 8.65. The fourth-order valence-electron chi connectivity index (χ4n) is 0.976. The van der Waals surface area contributed by atoms with E-state index in [0.29, 0.717) is 16.3 Å². The van der Waals surface area contributed by atoms with Crippen molar-refractivity contribution in [1.29, 1.82) is 10.5 Å². The van der Waals surface area contributed by atoms with Crippen LogP contribution in [0.3, 0.4) is 0 Å². The van der Waals surface area contributed by atoms with Crippen molar-refractivity contribution in [2.24, 2.45) is 0 Å². The second kappa shape index (κ2) is 7.01. The van der Waals surface area contributed by atoms with Gasteiger partial charge in [0.25, 0.3) is 0 Å². The van der Waals surface area contributed by atoms with Crippen LogP contribution in [0.4, 0.5) is 0 Å². The number of nitrogens with zero attached hydrogens (tertiary/aromatic N) is 4. The van der Waals surface area contributed by atoms with E-state index in [-0.39, 0.29) is 0 Å². The van der Waals surface area contributed by atoms with E-state index in [9.17, 15) is 0 Å². The maximum atomic E-state index is 8.34. The summed E-state index contributed by atoms with van der Waals surface area (Å²) < 4.78 is 0. The van der Waals surface area contributed by atoms with Crippen LogP contribution >= 0.6 is 11.6 Å². The summed E-state index contributed by atoms with van der Waals surface area (Å²) >= 11 is 5.45. The molecule has 0 aliphatic rings. The largest absolute Gasteiger partial charge is 0.260 e. The summed E-state index contributed by atoms with van der Waals surface area (Å²) in [5, 5.41) is 17.0. The van der Waals surface area contributed by atoms with Gasteiger partial charge in [0.1, 0.15) is 17.3 Å². The molecule has 0 bridgehead atoms. The average Bonchev–Trinajstić information content (AvgIpc) is 2.41. The number of hydrogen-bond acceptors (Lipinski definition) is 4. The van der Waals surface area contributed by atoms with E-state index in [2.05, 4.69) is 9.97 Å². The summed E-state index contributed by atoms with van der Waals surface area (Å²) in [7, 11) is 0. The quantitative estimate of drug-likeness (QED) is 0.680. The van der Waals surface area contributed by atoms with Gasteiger partial charge in [0.05, 0.1) is 11.1 Å². The minimum Gasteiger partial charge on any atom is -0.260 e. The van der Waals surface area contributed by atoms with Crippen LogP contribution in [0.5, 0.6) is 0 Å². The Morgan fingerprint density at radius 1 is 0.944 bits per heavy atom. The summed E-state index contributed by atoms with van der Waals surface area (Å²) in [5.74, 6) is 0. The first-order valence-electron chi connectivity index (χ1n) is 5.00. The second-order valence-electron chi connectivity index (χ2n) is 3.28. The molecule has 0 atom stereocenters. The third-order valence-electron chi connectivity index (χ3n) is 1.90. The van der Waals surface area contributed by atoms with Gasteiger partial charge in [-0.25, -0.2) is 4.98 Å². The molecule has 0 unspecified atom stereocenters. The van der Waals surface area contributed by atoms with Crippen molar-refractivity contribution in [3.05, 3.63) is 58.6 Å². The first-order valence-corrected chi connectivity index (χ1v) is 5.38. The highest BCUT2D eigenvalue weighted by atomic mass is 35.5. The van der Waals surface area contributed by atoms with Crippen molar-refractivity contribution in [2.75, 3.05) is 0 Å². The Bertz CT molecular complexity index is 521. The number of nitriles is 2. The van der Waals surface area contributed by atoms with Crippen molar-refractivity contribution in [3.63, 3.8) is 0 Å². The molecule has 0 saturated heterocycles. The number of aryl methyl sites for hydroxylation is 1. The summed E-state index contributed by atoms with van der Waals surface area (Å²) in [4.78, 5) is 7.62. The number of halogens is 1. The van der Waals surface area contributed by atoms with Gasteiger partial charge in [-0.15, -0.1) is 0 Å². The van der Waals surface area contributed by atoms with Gasteiger partial charge >= 0.3 is 0 Å². The minimum atomic E-state index is 0.411. The van der Waals surface area contributed by atoms with Crippen molar-refractivity contribution >= 4 is 11.6 Å². The van der Waals surface area contributed by atoms with Crippen LogP contribution in [0, 0.1) is 29.6 Å². The number of hydrogen-bond donors (Lipinski definition) is 0. The summed E-state index contributed by atoms with van der Waals surface area (Å²) in [6.07, 6.45) is 3.00. The van der Waals surface area contributed by atoms with Crippen LogP contribution in [-0.2, 0) is 0 Å². The molecular weight excluding hydrogens is 248 g/mol. The van der Waals surface area contributed by atoms with Crippen LogP contribution in [0.25, 0.3) is 0 Å². The Labute approximate surface area is 110 Å². The molecule has 5 heteroatoms. The lowest BCUT2D eigenvalue weighted by atomic mass is 10.3. The zero-order chi connectivity index (χ0) is 13.4.